The van der Waals surface area contributed by atoms with E-state index in [0.717, 1.165) is 24.8 Å². The molecule has 118 valence electrons. The van der Waals surface area contributed by atoms with E-state index in [2.05, 4.69) is 6.07 Å². The zero-order valence-corrected chi connectivity index (χ0v) is 12.7. The molecule has 5 heteroatoms. The van der Waals surface area contributed by atoms with Crippen molar-refractivity contribution in [3.63, 3.8) is 0 Å². The molecule has 1 heterocycles. The quantitative estimate of drug-likeness (QED) is 0.901. The van der Waals surface area contributed by atoms with Crippen LogP contribution in [0.1, 0.15) is 30.9 Å². The molecule has 1 aromatic carbocycles. The summed E-state index contributed by atoms with van der Waals surface area (Å²) < 4.78 is 5.22. The fraction of sp³-hybridized carbons (Fsp3) is 0.529. The number of rotatable bonds is 2. The number of morpholine rings is 1. The van der Waals surface area contributed by atoms with Gasteiger partial charge in [0.1, 0.15) is 0 Å². The number of ether oxygens (including phenoxy) is 1. The topological polar surface area (TPSA) is 66.8 Å². The van der Waals surface area contributed by atoms with Gasteiger partial charge in [-0.2, -0.15) is 0 Å². The molecule has 1 saturated heterocycles. The molecule has 5 nitrogen and oxygen atoms in total. The Morgan fingerprint density at radius 1 is 1.36 bits per heavy atom. The Morgan fingerprint density at radius 3 is 2.91 bits per heavy atom. The van der Waals surface area contributed by atoms with Gasteiger partial charge in [0.25, 0.3) is 0 Å². The molecule has 2 atom stereocenters. The lowest BCUT2D eigenvalue weighted by Gasteiger charge is -2.41. The molecule has 1 N–H and O–H groups in total. The van der Waals surface area contributed by atoms with Gasteiger partial charge in [0.15, 0.2) is 6.10 Å². The summed E-state index contributed by atoms with van der Waals surface area (Å²) in [7, 11) is 0. The second-order valence-corrected chi connectivity index (χ2v) is 6.29. The molecule has 0 aromatic heterocycles. The van der Waals surface area contributed by atoms with E-state index in [4.69, 9.17) is 9.84 Å². The maximum absolute atomic E-state index is 13.1. The van der Waals surface area contributed by atoms with Crippen LogP contribution in [0.4, 0.5) is 0 Å². The summed E-state index contributed by atoms with van der Waals surface area (Å²) in [6, 6.07) is 8.08. The van der Waals surface area contributed by atoms with Gasteiger partial charge in [-0.15, -0.1) is 0 Å². The van der Waals surface area contributed by atoms with Crippen molar-refractivity contribution >= 4 is 11.9 Å². The van der Waals surface area contributed by atoms with Gasteiger partial charge in [-0.3, -0.25) is 4.79 Å². The van der Waals surface area contributed by atoms with E-state index >= 15 is 0 Å². The molecule has 0 unspecified atom stereocenters. The predicted molar refractivity (Wildman–Crippen MR) is 80.7 cm³/mol. The van der Waals surface area contributed by atoms with Gasteiger partial charge in [0.05, 0.1) is 18.6 Å². The normalized spacial score (nSPS) is 28.0. The number of carboxylic acids is 1. The summed E-state index contributed by atoms with van der Waals surface area (Å²) in [6.07, 6.45) is 1.87. The lowest BCUT2D eigenvalue weighted by atomic mass is 9.70. The highest BCUT2D eigenvalue weighted by Gasteiger charge is 2.43. The second-order valence-electron chi connectivity index (χ2n) is 6.29. The molecule has 1 amide bonds. The van der Waals surface area contributed by atoms with Gasteiger partial charge in [0, 0.05) is 6.54 Å². The van der Waals surface area contributed by atoms with Crippen molar-refractivity contribution in [2.75, 3.05) is 19.7 Å². The number of carbonyl (C=O) groups is 2. The Bertz CT molecular complexity index is 600. The molecule has 1 aliphatic carbocycles. The molecule has 1 fully saturated rings. The van der Waals surface area contributed by atoms with Crippen LogP contribution in [-0.2, 0) is 26.2 Å². The first-order valence-electron chi connectivity index (χ1n) is 7.74. The fourth-order valence-electron chi connectivity index (χ4n) is 3.60. The molecule has 0 bridgehead atoms. The molecule has 1 aliphatic heterocycles. The van der Waals surface area contributed by atoms with Gasteiger partial charge in [-0.25, -0.2) is 4.79 Å². The number of hydrogen-bond donors (Lipinski definition) is 1. The lowest BCUT2D eigenvalue weighted by Crippen LogP contribution is -2.54. The van der Waals surface area contributed by atoms with Crippen LogP contribution in [0.25, 0.3) is 0 Å². The minimum atomic E-state index is -1.01. The standard InChI is InChI=1S/C17H21NO4/c1-17(8-4-6-12-5-2-3-7-13(12)17)16(21)18-9-10-22-14(11-18)15(19)20/h2-3,5,7,14H,4,6,8-11H2,1H3,(H,19,20)/t14-,17+/m1/s1. The minimum absolute atomic E-state index is 0.0224. The molecule has 22 heavy (non-hydrogen) atoms. The van der Waals surface area contributed by atoms with Crippen molar-refractivity contribution in [2.24, 2.45) is 0 Å². The maximum atomic E-state index is 13.1. The highest BCUT2D eigenvalue weighted by molar-refractivity contribution is 5.89. The van der Waals surface area contributed by atoms with Crippen LogP contribution in [-0.4, -0.2) is 47.7 Å². The number of hydrogen-bond acceptors (Lipinski definition) is 3. The summed E-state index contributed by atoms with van der Waals surface area (Å²) in [5.41, 5.74) is 1.76. The molecule has 0 spiro atoms. The number of carbonyl (C=O) groups excluding carboxylic acids is 1. The zero-order chi connectivity index (χ0) is 15.7. The molecular formula is C17H21NO4. The van der Waals surface area contributed by atoms with Crippen molar-refractivity contribution in [3.8, 4) is 0 Å². The molecule has 3 rings (SSSR count). The van der Waals surface area contributed by atoms with E-state index in [9.17, 15) is 9.59 Å². The van der Waals surface area contributed by atoms with Crippen molar-refractivity contribution < 1.29 is 19.4 Å². The van der Waals surface area contributed by atoms with Gasteiger partial charge in [-0.05, 0) is 37.3 Å². The van der Waals surface area contributed by atoms with Crippen molar-refractivity contribution in [1.82, 2.24) is 4.90 Å². The maximum Gasteiger partial charge on any atom is 0.334 e. The predicted octanol–water partition coefficient (Wildman–Crippen LogP) is 1.59. The average Bonchev–Trinajstić information content (AvgIpc) is 2.54. The SMILES string of the molecule is C[C@]1(C(=O)N2CCO[C@@H](C(=O)O)C2)CCCc2ccccc21. The molecular weight excluding hydrogens is 282 g/mol. The van der Waals surface area contributed by atoms with Gasteiger partial charge in [-0.1, -0.05) is 24.3 Å². The van der Waals surface area contributed by atoms with E-state index in [-0.39, 0.29) is 19.1 Å². The second kappa shape index (κ2) is 5.72. The van der Waals surface area contributed by atoms with Crippen molar-refractivity contribution in [3.05, 3.63) is 35.4 Å². The minimum Gasteiger partial charge on any atom is -0.479 e. The Labute approximate surface area is 129 Å². The summed E-state index contributed by atoms with van der Waals surface area (Å²) in [5.74, 6) is -0.985. The number of aliphatic carboxylic acids is 1. The fourth-order valence-corrected chi connectivity index (χ4v) is 3.60. The van der Waals surface area contributed by atoms with Crippen molar-refractivity contribution in [1.29, 1.82) is 0 Å². The molecule has 0 saturated carbocycles. The van der Waals surface area contributed by atoms with Crippen LogP contribution in [0.15, 0.2) is 24.3 Å². The van der Waals surface area contributed by atoms with E-state index in [1.807, 2.05) is 25.1 Å². The van der Waals surface area contributed by atoms with Crippen molar-refractivity contribution in [2.45, 2.75) is 37.7 Å². The smallest absolute Gasteiger partial charge is 0.334 e. The average molecular weight is 303 g/mol. The first kappa shape index (κ1) is 15.0. The Kier molecular flexibility index (Phi) is 3.91. The van der Waals surface area contributed by atoms with E-state index < -0.39 is 17.5 Å². The zero-order valence-electron chi connectivity index (χ0n) is 12.7. The largest absolute Gasteiger partial charge is 0.479 e. The number of amides is 1. The van der Waals surface area contributed by atoms with E-state index in [1.165, 1.54) is 5.56 Å². The molecule has 1 aromatic rings. The summed E-state index contributed by atoms with van der Waals surface area (Å²) in [5, 5.41) is 9.11. The van der Waals surface area contributed by atoms with E-state index in [1.54, 1.807) is 4.90 Å². The number of benzene rings is 1. The Balaban J connectivity index is 1.87. The highest BCUT2D eigenvalue weighted by atomic mass is 16.5. The summed E-state index contributed by atoms with van der Waals surface area (Å²) >= 11 is 0. The van der Waals surface area contributed by atoms with Crippen LogP contribution >= 0.6 is 0 Å². The van der Waals surface area contributed by atoms with Crippen LogP contribution < -0.4 is 0 Å². The van der Waals surface area contributed by atoms with Gasteiger partial charge in [0.2, 0.25) is 5.91 Å². The van der Waals surface area contributed by atoms with E-state index in [0.29, 0.717) is 6.54 Å². The van der Waals surface area contributed by atoms with Gasteiger partial charge < -0.3 is 14.7 Å². The Morgan fingerprint density at radius 2 is 2.14 bits per heavy atom. The Hall–Kier alpha value is -1.88. The first-order valence-corrected chi connectivity index (χ1v) is 7.74. The molecule has 2 aliphatic rings. The molecule has 0 radical (unpaired) electrons. The number of fused-ring (bicyclic) bond motifs is 1. The van der Waals surface area contributed by atoms with Crippen LogP contribution in [0, 0.1) is 0 Å². The summed E-state index contributed by atoms with van der Waals surface area (Å²) in [6.45, 7) is 2.85. The third kappa shape index (κ3) is 2.50. The van der Waals surface area contributed by atoms with Crippen LogP contribution in [0.2, 0.25) is 0 Å². The van der Waals surface area contributed by atoms with Crippen LogP contribution in [0.3, 0.4) is 0 Å². The third-order valence-corrected chi connectivity index (χ3v) is 4.84. The monoisotopic (exact) mass is 303 g/mol. The highest BCUT2D eigenvalue weighted by Crippen LogP contribution is 2.38. The number of aryl methyl sites for hydroxylation is 1. The summed E-state index contributed by atoms with van der Waals surface area (Å²) in [4.78, 5) is 25.9. The number of carboxylic acid groups (broad SMARTS) is 1. The lowest BCUT2D eigenvalue weighted by molar-refractivity contribution is -0.161. The van der Waals surface area contributed by atoms with Crippen LogP contribution in [0.5, 0.6) is 0 Å². The van der Waals surface area contributed by atoms with Gasteiger partial charge >= 0.3 is 5.97 Å². The first-order chi connectivity index (χ1) is 10.5. The third-order valence-electron chi connectivity index (χ3n) is 4.84. The number of nitrogens with zero attached hydrogens (tertiary/aromatic N) is 1.